The second-order valence-corrected chi connectivity index (χ2v) is 3.79. The van der Waals surface area contributed by atoms with Gasteiger partial charge in [-0.3, -0.25) is 4.21 Å². The van der Waals surface area contributed by atoms with Crippen LogP contribution in [0.4, 0.5) is 0 Å². The van der Waals surface area contributed by atoms with Crippen LogP contribution in [0.5, 0.6) is 0 Å². The lowest BCUT2D eigenvalue weighted by Crippen LogP contribution is -2.04. The summed E-state index contributed by atoms with van der Waals surface area (Å²) < 4.78 is 10.8. The number of nitrogens with two attached hydrogens (primary N) is 1. The molecule has 0 amide bonds. The van der Waals surface area contributed by atoms with E-state index in [1.807, 2.05) is 6.92 Å². The van der Waals surface area contributed by atoms with Gasteiger partial charge in [0.1, 0.15) is 0 Å². The molecule has 9 heavy (non-hydrogen) atoms. The van der Waals surface area contributed by atoms with Crippen molar-refractivity contribution in [1.29, 1.82) is 0 Å². The largest absolute Gasteiger partial charge is 0.330 e. The van der Waals surface area contributed by atoms with Crippen LogP contribution in [-0.4, -0.2) is 22.3 Å². The molecule has 56 valence electrons. The summed E-state index contributed by atoms with van der Waals surface area (Å²) in [7, 11) is -0.584. The van der Waals surface area contributed by atoms with Crippen LogP contribution in [0.3, 0.4) is 0 Å². The van der Waals surface area contributed by atoms with Crippen molar-refractivity contribution in [2.75, 3.05) is 18.1 Å². The van der Waals surface area contributed by atoms with Crippen molar-refractivity contribution in [3.8, 4) is 0 Å². The second-order valence-electron chi connectivity index (χ2n) is 1.93. The number of unbranched alkanes of at least 4 members (excludes halogenated alkanes) is 1. The molecule has 0 spiro atoms. The summed E-state index contributed by atoms with van der Waals surface area (Å²) in [4.78, 5) is 0. The van der Waals surface area contributed by atoms with Crippen molar-refractivity contribution < 1.29 is 4.21 Å². The third-order valence-corrected chi connectivity index (χ3v) is 2.54. The van der Waals surface area contributed by atoms with Crippen LogP contribution in [0, 0.1) is 0 Å². The van der Waals surface area contributed by atoms with Gasteiger partial charge in [0.2, 0.25) is 0 Å². The quantitative estimate of drug-likeness (QED) is 0.578. The molecule has 0 aromatic heterocycles. The average molecular weight is 149 g/mol. The lowest BCUT2D eigenvalue weighted by Gasteiger charge is -1.95. The van der Waals surface area contributed by atoms with E-state index in [1.54, 1.807) is 0 Å². The first kappa shape index (κ1) is 9.11. The van der Waals surface area contributed by atoms with Gasteiger partial charge < -0.3 is 5.73 Å². The highest BCUT2D eigenvalue weighted by Gasteiger charge is 1.92. The van der Waals surface area contributed by atoms with Gasteiger partial charge >= 0.3 is 0 Å². The van der Waals surface area contributed by atoms with Crippen molar-refractivity contribution in [2.45, 2.75) is 19.8 Å². The molecule has 0 aromatic carbocycles. The summed E-state index contributed by atoms with van der Waals surface area (Å²) in [5.41, 5.74) is 5.26. The summed E-state index contributed by atoms with van der Waals surface area (Å²) in [5.74, 6) is 1.61. The highest BCUT2D eigenvalue weighted by molar-refractivity contribution is 7.84. The SMILES string of the molecule is CCS(=O)CCCCN. The Labute approximate surface area is 59.3 Å². The predicted molar refractivity (Wildman–Crippen MR) is 41.8 cm³/mol. The van der Waals surface area contributed by atoms with Crippen LogP contribution in [-0.2, 0) is 10.8 Å². The van der Waals surface area contributed by atoms with Crippen molar-refractivity contribution in [2.24, 2.45) is 5.73 Å². The van der Waals surface area contributed by atoms with E-state index in [9.17, 15) is 4.21 Å². The average Bonchev–Trinajstić information content (AvgIpc) is 1.89. The topological polar surface area (TPSA) is 43.1 Å². The Morgan fingerprint density at radius 2 is 2.11 bits per heavy atom. The Bertz CT molecular complexity index is 85.1. The molecule has 0 fully saturated rings. The maximum Gasteiger partial charge on any atom is 0.0235 e. The highest BCUT2D eigenvalue weighted by Crippen LogP contribution is 1.90. The number of hydrogen-bond acceptors (Lipinski definition) is 2. The van der Waals surface area contributed by atoms with E-state index in [0.717, 1.165) is 30.9 Å². The molecule has 0 rings (SSSR count). The molecule has 0 radical (unpaired) electrons. The first-order chi connectivity index (χ1) is 4.31. The van der Waals surface area contributed by atoms with E-state index >= 15 is 0 Å². The molecule has 0 saturated carbocycles. The van der Waals surface area contributed by atoms with Gasteiger partial charge in [0.25, 0.3) is 0 Å². The molecule has 2 N–H and O–H groups in total. The minimum absolute atomic E-state index is 0.584. The third-order valence-electron chi connectivity index (χ3n) is 1.15. The van der Waals surface area contributed by atoms with Gasteiger partial charge in [-0.05, 0) is 19.4 Å². The minimum Gasteiger partial charge on any atom is -0.330 e. The lowest BCUT2D eigenvalue weighted by molar-refractivity contribution is 0.679. The Balaban J connectivity index is 2.97. The van der Waals surface area contributed by atoms with E-state index < -0.39 is 10.8 Å². The standard InChI is InChI=1S/C6H15NOS/c1-2-9(8)6-4-3-5-7/h2-7H2,1H3. The fourth-order valence-corrected chi connectivity index (χ4v) is 1.37. The molecule has 0 aliphatic carbocycles. The van der Waals surface area contributed by atoms with E-state index in [1.165, 1.54) is 0 Å². The molecule has 0 aliphatic heterocycles. The smallest absolute Gasteiger partial charge is 0.0235 e. The molecule has 0 heterocycles. The van der Waals surface area contributed by atoms with Crippen LogP contribution in [0.25, 0.3) is 0 Å². The van der Waals surface area contributed by atoms with Crippen molar-refractivity contribution in [1.82, 2.24) is 0 Å². The first-order valence-corrected chi connectivity index (χ1v) is 4.85. The zero-order valence-corrected chi connectivity index (χ0v) is 6.75. The molecular formula is C6H15NOS. The molecule has 1 atom stereocenters. The van der Waals surface area contributed by atoms with Gasteiger partial charge in [-0.25, -0.2) is 0 Å². The van der Waals surface area contributed by atoms with Crippen LogP contribution in [0.2, 0.25) is 0 Å². The maximum absolute atomic E-state index is 10.8. The molecular weight excluding hydrogens is 134 g/mol. The number of rotatable bonds is 5. The second kappa shape index (κ2) is 6.23. The third kappa shape index (κ3) is 5.99. The zero-order valence-electron chi connectivity index (χ0n) is 5.93. The first-order valence-electron chi connectivity index (χ1n) is 3.36. The Hall–Kier alpha value is 0.110. The van der Waals surface area contributed by atoms with E-state index in [4.69, 9.17) is 5.73 Å². The van der Waals surface area contributed by atoms with Crippen LogP contribution in [0.15, 0.2) is 0 Å². The zero-order chi connectivity index (χ0) is 7.11. The Kier molecular flexibility index (Phi) is 6.31. The molecule has 3 heteroatoms. The summed E-state index contributed by atoms with van der Waals surface area (Å²) in [6.45, 7) is 2.67. The molecule has 0 bridgehead atoms. The fraction of sp³-hybridized carbons (Fsp3) is 1.00. The van der Waals surface area contributed by atoms with Crippen LogP contribution < -0.4 is 5.73 Å². The molecule has 1 unspecified atom stereocenters. The highest BCUT2D eigenvalue weighted by atomic mass is 32.2. The fourth-order valence-electron chi connectivity index (χ4n) is 0.552. The van der Waals surface area contributed by atoms with Gasteiger partial charge in [-0.1, -0.05) is 6.92 Å². The van der Waals surface area contributed by atoms with Gasteiger partial charge in [0.05, 0.1) is 0 Å². The van der Waals surface area contributed by atoms with Gasteiger partial charge in [0.15, 0.2) is 0 Å². The molecule has 2 nitrogen and oxygen atoms in total. The van der Waals surface area contributed by atoms with E-state index in [2.05, 4.69) is 0 Å². The van der Waals surface area contributed by atoms with Gasteiger partial charge in [-0.2, -0.15) is 0 Å². The Morgan fingerprint density at radius 3 is 2.56 bits per heavy atom. The van der Waals surface area contributed by atoms with Crippen molar-refractivity contribution >= 4 is 10.8 Å². The lowest BCUT2D eigenvalue weighted by atomic mass is 10.3. The normalized spacial score (nSPS) is 13.6. The summed E-state index contributed by atoms with van der Waals surface area (Å²) in [5, 5.41) is 0. The Morgan fingerprint density at radius 1 is 1.44 bits per heavy atom. The van der Waals surface area contributed by atoms with E-state index in [-0.39, 0.29) is 0 Å². The van der Waals surface area contributed by atoms with Gasteiger partial charge in [-0.15, -0.1) is 0 Å². The summed E-state index contributed by atoms with van der Waals surface area (Å²) in [6.07, 6.45) is 2.02. The summed E-state index contributed by atoms with van der Waals surface area (Å²) >= 11 is 0. The van der Waals surface area contributed by atoms with Gasteiger partial charge in [0, 0.05) is 22.3 Å². The summed E-state index contributed by atoms with van der Waals surface area (Å²) in [6, 6.07) is 0. The molecule has 0 aromatic rings. The molecule has 0 aliphatic rings. The maximum atomic E-state index is 10.8. The monoisotopic (exact) mass is 149 g/mol. The van der Waals surface area contributed by atoms with Crippen molar-refractivity contribution in [3.63, 3.8) is 0 Å². The van der Waals surface area contributed by atoms with Crippen LogP contribution in [0.1, 0.15) is 19.8 Å². The van der Waals surface area contributed by atoms with E-state index in [0.29, 0.717) is 0 Å². The minimum atomic E-state index is -0.584. The molecule has 0 saturated heterocycles. The predicted octanol–water partition coefficient (Wildman–Crippen LogP) is 0.494. The van der Waals surface area contributed by atoms with Crippen LogP contribution >= 0.6 is 0 Å². The van der Waals surface area contributed by atoms with Crippen molar-refractivity contribution in [3.05, 3.63) is 0 Å². The number of hydrogen-bond donors (Lipinski definition) is 1.